The van der Waals surface area contributed by atoms with Gasteiger partial charge in [-0.25, -0.2) is 22.0 Å². The van der Waals surface area contributed by atoms with Crippen LogP contribution in [0.3, 0.4) is 0 Å². The molecule has 0 atom stereocenters. The molecule has 1 aliphatic rings. The van der Waals surface area contributed by atoms with E-state index in [0.717, 1.165) is 38.0 Å². The van der Waals surface area contributed by atoms with E-state index in [-0.39, 0.29) is 40.3 Å². The Morgan fingerprint density at radius 1 is 1.06 bits per heavy atom. The lowest BCUT2D eigenvalue weighted by atomic mass is 9.82. The van der Waals surface area contributed by atoms with Gasteiger partial charge in [0, 0.05) is 29.5 Å². The Hall–Kier alpha value is -3.11. The Kier molecular flexibility index (Phi) is 7.85. The molecule has 1 aliphatic carbocycles. The average molecular weight is 519 g/mol. The summed E-state index contributed by atoms with van der Waals surface area (Å²) in [6.07, 6.45) is 4.25. The monoisotopic (exact) mass is 518 g/mol. The highest BCUT2D eigenvalue weighted by molar-refractivity contribution is 7.90. The molecule has 0 unspecified atom stereocenters. The van der Waals surface area contributed by atoms with Crippen molar-refractivity contribution in [3.05, 3.63) is 60.2 Å². The van der Waals surface area contributed by atoms with Crippen LogP contribution in [0.15, 0.2) is 53.6 Å². The largest absolute Gasteiger partial charge is 0.480 e. The highest BCUT2D eigenvalue weighted by atomic mass is 32.2. The van der Waals surface area contributed by atoms with Crippen LogP contribution in [0.1, 0.15) is 25.7 Å². The first-order valence-corrected chi connectivity index (χ1v) is 13.6. The minimum atomic E-state index is -3.88. The van der Waals surface area contributed by atoms with Crippen LogP contribution in [0.5, 0.6) is 0 Å². The Morgan fingerprint density at radius 2 is 1.72 bits per heavy atom. The van der Waals surface area contributed by atoms with Crippen LogP contribution in [-0.2, 0) is 25.9 Å². The van der Waals surface area contributed by atoms with E-state index in [2.05, 4.69) is 5.10 Å². The number of sulfone groups is 1. The van der Waals surface area contributed by atoms with Gasteiger partial charge in [-0.2, -0.15) is 5.10 Å². The number of carbonyl (C=O) groups is 1. The fourth-order valence-corrected chi connectivity index (χ4v) is 5.90. The standard InChI is InChI=1S/C26H28F2N2O5S/c1-36(33,34)26-23(20-8-5-9-21(27)24(20)28)25(19-6-3-2-4-7-19)29-30(26)14-17-10-12-18(13-11-17)15-35-16-22(31)32/h2-9,17-18H,10-16H2,1H3,(H,31,32). The minimum Gasteiger partial charge on any atom is -0.480 e. The van der Waals surface area contributed by atoms with Gasteiger partial charge in [0.1, 0.15) is 12.3 Å². The van der Waals surface area contributed by atoms with Crippen molar-refractivity contribution in [2.45, 2.75) is 37.3 Å². The summed E-state index contributed by atoms with van der Waals surface area (Å²) in [5.74, 6) is -2.84. The molecule has 1 saturated carbocycles. The summed E-state index contributed by atoms with van der Waals surface area (Å²) < 4.78 is 61.8. The van der Waals surface area contributed by atoms with Crippen LogP contribution in [0, 0.1) is 23.5 Å². The predicted molar refractivity (Wildman–Crippen MR) is 130 cm³/mol. The molecular weight excluding hydrogens is 490 g/mol. The van der Waals surface area contributed by atoms with Crippen LogP contribution in [0.2, 0.25) is 0 Å². The number of hydrogen-bond donors (Lipinski definition) is 1. The molecule has 0 saturated heterocycles. The van der Waals surface area contributed by atoms with Crippen LogP contribution in [-0.4, -0.2) is 48.7 Å². The molecule has 3 aromatic rings. The number of benzene rings is 2. The second-order valence-electron chi connectivity index (χ2n) is 9.25. The van der Waals surface area contributed by atoms with Gasteiger partial charge in [-0.15, -0.1) is 0 Å². The second kappa shape index (κ2) is 10.9. The lowest BCUT2D eigenvalue weighted by Crippen LogP contribution is -2.24. The molecule has 192 valence electrons. The van der Waals surface area contributed by atoms with E-state index in [1.807, 2.05) is 0 Å². The van der Waals surface area contributed by atoms with E-state index in [0.29, 0.717) is 18.7 Å². The number of aromatic nitrogens is 2. The molecular formula is C26H28F2N2O5S. The molecule has 7 nitrogen and oxygen atoms in total. The Morgan fingerprint density at radius 3 is 2.36 bits per heavy atom. The highest BCUT2D eigenvalue weighted by Crippen LogP contribution is 2.40. The fraction of sp³-hybridized carbons (Fsp3) is 0.385. The van der Waals surface area contributed by atoms with Gasteiger partial charge in [0.2, 0.25) is 0 Å². The summed E-state index contributed by atoms with van der Waals surface area (Å²) in [5, 5.41) is 13.2. The molecule has 1 fully saturated rings. The maximum Gasteiger partial charge on any atom is 0.329 e. The van der Waals surface area contributed by atoms with E-state index < -0.39 is 27.4 Å². The van der Waals surface area contributed by atoms with Crippen LogP contribution >= 0.6 is 0 Å². The van der Waals surface area contributed by atoms with Gasteiger partial charge in [0.15, 0.2) is 26.5 Å². The number of rotatable bonds is 9. The molecule has 0 amide bonds. The van der Waals surface area contributed by atoms with Crippen molar-refractivity contribution in [1.29, 1.82) is 0 Å². The third kappa shape index (κ3) is 5.82. The van der Waals surface area contributed by atoms with Crippen LogP contribution < -0.4 is 0 Å². The Labute approximate surface area is 208 Å². The maximum absolute atomic E-state index is 15.0. The third-order valence-corrected chi connectivity index (χ3v) is 7.62. The summed E-state index contributed by atoms with van der Waals surface area (Å²) in [6.45, 7) is 0.352. The smallest absolute Gasteiger partial charge is 0.329 e. The van der Waals surface area contributed by atoms with E-state index in [9.17, 15) is 22.0 Å². The number of nitrogens with zero attached hydrogens (tertiary/aromatic N) is 2. The topological polar surface area (TPSA) is 98.5 Å². The molecule has 10 heteroatoms. The first-order chi connectivity index (χ1) is 17.1. The van der Waals surface area contributed by atoms with Gasteiger partial charge in [0.05, 0.1) is 6.61 Å². The maximum atomic E-state index is 15.0. The zero-order chi connectivity index (χ0) is 25.9. The Balaban J connectivity index is 1.70. The molecule has 0 bridgehead atoms. The normalized spacial score (nSPS) is 18.3. The number of carboxylic acid groups (broad SMARTS) is 1. The lowest BCUT2D eigenvalue weighted by molar-refractivity contribution is -0.142. The molecule has 1 aromatic heterocycles. The summed E-state index contributed by atoms with van der Waals surface area (Å²) in [4.78, 5) is 10.7. The van der Waals surface area contributed by atoms with E-state index >= 15 is 0 Å². The molecule has 1 N–H and O–H groups in total. The zero-order valence-corrected chi connectivity index (χ0v) is 20.7. The van der Waals surface area contributed by atoms with Crippen molar-refractivity contribution >= 4 is 15.8 Å². The van der Waals surface area contributed by atoms with E-state index in [4.69, 9.17) is 9.84 Å². The number of hydrogen-bond acceptors (Lipinski definition) is 5. The fourth-order valence-electron chi connectivity index (χ4n) is 4.82. The number of ether oxygens (including phenoxy) is 1. The van der Waals surface area contributed by atoms with Gasteiger partial charge in [-0.05, 0) is 43.6 Å². The molecule has 0 aliphatic heterocycles. The van der Waals surface area contributed by atoms with E-state index in [1.165, 1.54) is 16.8 Å². The summed E-state index contributed by atoms with van der Waals surface area (Å²) in [5.41, 5.74) is 0.770. The Bertz CT molecular complexity index is 1330. The van der Waals surface area contributed by atoms with Gasteiger partial charge in [0.25, 0.3) is 0 Å². The van der Waals surface area contributed by atoms with Crippen molar-refractivity contribution in [3.63, 3.8) is 0 Å². The van der Waals surface area contributed by atoms with Gasteiger partial charge < -0.3 is 9.84 Å². The molecule has 2 aromatic carbocycles. The number of halogens is 2. The molecule has 0 radical (unpaired) electrons. The van der Waals surface area contributed by atoms with Crippen molar-refractivity contribution in [3.8, 4) is 22.4 Å². The van der Waals surface area contributed by atoms with Gasteiger partial charge in [-0.1, -0.05) is 42.5 Å². The third-order valence-electron chi connectivity index (χ3n) is 6.50. The first-order valence-electron chi connectivity index (χ1n) is 11.7. The average Bonchev–Trinajstić information content (AvgIpc) is 3.22. The second-order valence-corrected chi connectivity index (χ2v) is 11.2. The predicted octanol–water partition coefficient (Wildman–Crippen LogP) is 4.81. The first kappa shape index (κ1) is 26.0. The van der Waals surface area contributed by atoms with Crippen LogP contribution in [0.25, 0.3) is 22.4 Å². The number of aliphatic carboxylic acids is 1. The molecule has 1 heterocycles. The minimum absolute atomic E-state index is 0.0523. The van der Waals surface area contributed by atoms with Crippen molar-refractivity contribution in [1.82, 2.24) is 9.78 Å². The van der Waals surface area contributed by atoms with Crippen molar-refractivity contribution in [2.75, 3.05) is 19.5 Å². The SMILES string of the molecule is CS(=O)(=O)c1c(-c2cccc(F)c2F)c(-c2ccccc2)nn1CC1CCC(COCC(=O)O)CC1. The van der Waals surface area contributed by atoms with Crippen molar-refractivity contribution < 1.29 is 31.8 Å². The quantitative estimate of drug-likeness (QED) is 0.437. The van der Waals surface area contributed by atoms with Crippen molar-refractivity contribution in [2.24, 2.45) is 11.8 Å². The molecule has 0 spiro atoms. The van der Waals surface area contributed by atoms with Crippen LogP contribution in [0.4, 0.5) is 8.78 Å². The highest BCUT2D eigenvalue weighted by Gasteiger charge is 2.31. The lowest BCUT2D eigenvalue weighted by Gasteiger charge is -2.28. The summed E-state index contributed by atoms with van der Waals surface area (Å²) >= 11 is 0. The number of carboxylic acids is 1. The van der Waals surface area contributed by atoms with Gasteiger partial charge >= 0.3 is 5.97 Å². The summed E-state index contributed by atoms with van der Waals surface area (Å²) in [7, 11) is -3.88. The molecule has 4 rings (SSSR count). The zero-order valence-electron chi connectivity index (χ0n) is 19.9. The van der Waals surface area contributed by atoms with Gasteiger partial charge in [-0.3, -0.25) is 4.68 Å². The van der Waals surface area contributed by atoms with E-state index in [1.54, 1.807) is 30.3 Å². The molecule has 36 heavy (non-hydrogen) atoms. The summed E-state index contributed by atoms with van der Waals surface area (Å²) in [6, 6.07) is 12.6.